The number of benzene rings is 1. The number of nitrogens with two attached hydrogens (primary N) is 1. The summed E-state index contributed by atoms with van der Waals surface area (Å²) in [6.07, 6.45) is 0.678. The maximum absolute atomic E-state index is 12.5. The zero-order valence-corrected chi connectivity index (χ0v) is 17.8. The molecule has 0 aliphatic rings. The standard InChI is InChI=1S/C20H29N5O2S/c1-13(2)12-25-18(10-9-17(21)26)23-24-20(25)28-15(4)19(27)22-11-16-7-5-14(3)6-8-16/h5-8,13,15H,9-12H2,1-4H3,(H2,21,26)(H,22,27)/t15-/m0/s1. The lowest BCUT2D eigenvalue weighted by atomic mass is 10.1. The van der Waals surface area contributed by atoms with Gasteiger partial charge >= 0.3 is 0 Å². The van der Waals surface area contributed by atoms with Crippen LogP contribution in [0.1, 0.15) is 44.1 Å². The van der Waals surface area contributed by atoms with Crippen LogP contribution in [0.25, 0.3) is 0 Å². The summed E-state index contributed by atoms with van der Waals surface area (Å²) < 4.78 is 1.99. The van der Waals surface area contributed by atoms with Crippen LogP contribution in [-0.2, 0) is 29.1 Å². The van der Waals surface area contributed by atoms with Crippen LogP contribution in [0.2, 0.25) is 0 Å². The normalized spacial score (nSPS) is 12.2. The molecule has 1 aromatic carbocycles. The number of carbonyl (C=O) groups excluding carboxylic acids is 2. The van der Waals surface area contributed by atoms with Gasteiger partial charge in [0.2, 0.25) is 11.8 Å². The summed E-state index contributed by atoms with van der Waals surface area (Å²) in [7, 11) is 0. The molecule has 2 rings (SSSR count). The topological polar surface area (TPSA) is 103 Å². The van der Waals surface area contributed by atoms with Crippen molar-refractivity contribution in [3.8, 4) is 0 Å². The first kappa shape index (κ1) is 21.9. The molecule has 2 aromatic rings. The summed E-state index contributed by atoms with van der Waals surface area (Å²) in [4.78, 5) is 23.6. The van der Waals surface area contributed by atoms with Crippen molar-refractivity contribution in [2.24, 2.45) is 11.7 Å². The predicted octanol–water partition coefficient (Wildman–Crippen LogP) is 2.46. The number of nitrogens with one attached hydrogen (secondary N) is 1. The van der Waals surface area contributed by atoms with E-state index in [0.29, 0.717) is 24.0 Å². The van der Waals surface area contributed by atoms with Crippen molar-refractivity contribution in [3.63, 3.8) is 0 Å². The first-order valence-corrected chi connectivity index (χ1v) is 10.3. The van der Waals surface area contributed by atoms with E-state index >= 15 is 0 Å². The van der Waals surface area contributed by atoms with E-state index in [1.54, 1.807) is 0 Å². The number of aromatic nitrogens is 3. The van der Waals surface area contributed by atoms with Gasteiger partial charge in [-0.2, -0.15) is 0 Å². The minimum absolute atomic E-state index is 0.0524. The van der Waals surface area contributed by atoms with Crippen LogP contribution in [0.4, 0.5) is 0 Å². The van der Waals surface area contributed by atoms with E-state index in [1.165, 1.54) is 17.3 Å². The van der Waals surface area contributed by atoms with Crippen molar-refractivity contribution in [2.45, 2.75) is 64.0 Å². The Bertz CT molecular complexity index is 801. The third kappa shape index (κ3) is 6.67. The van der Waals surface area contributed by atoms with Crippen LogP contribution in [0.5, 0.6) is 0 Å². The van der Waals surface area contributed by atoms with Crippen LogP contribution in [-0.4, -0.2) is 31.8 Å². The maximum Gasteiger partial charge on any atom is 0.233 e. The van der Waals surface area contributed by atoms with Gasteiger partial charge in [0, 0.05) is 25.9 Å². The van der Waals surface area contributed by atoms with Gasteiger partial charge in [-0.15, -0.1) is 10.2 Å². The molecule has 152 valence electrons. The van der Waals surface area contributed by atoms with E-state index in [4.69, 9.17) is 5.73 Å². The van der Waals surface area contributed by atoms with Crippen LogP contribution in [0, 0.1) is 12.8 Å². The Morgan fingerprint density at radius 1 is 1.18 bits per heavy atom. The number of primary amides is 1. The Morgan fingerprint density at radius 3 is 2.46 bits per heavy atom. The molecule has 0 bridgehead atoms. The fourth-order valence-electron chi connectivity index (χ4n) is 2.63. The summed E-state index contributed by atoms with van der Waals surface area (Å²) in [6, 6.07) is 8.08. The molecular formula is C20H29N5O2S. The zero-order valence-electron chi connectivity index (χ0n) is 16.9. The van der Waals surface area contributed by atoms with Gasteiger partial charge in [-0.1, -0.05) is 55.4 Å². The smallest absolute Gasteiger partial charge is 0.233 e. The second-order valence-corrected chi connectivity index (χ2v) is 8.64. The van der Waals surface area contributed by atoms with Gasteiger partial charge < -0.3 is 15.6 Å². The number of aryl methyl sites for hydroxylation is 2. The van der Waals surface area contributed by atoms with E-state index in [2.05, 4.69) is 29.4 Å². The first-order valence-electron chi connectivity index (χ1n) is 9.46. The van der Waals surface area contributed by atoms with Gasteiger partial charge in [-0.05, 0) is 25.3 Å². The third-order valence-corrected chi connectivity index (χ3v) is 5.26. The Balaban J connectivity index is 2.00. The minimum atomic E-state index is -0.364. The van der Waals surface area contributed by atoms with E-state index in [9.17, 15) is 9.59 Å². The molecule has 0 aliphatic heterocycles. The summed E-state index contributed by atoms with van der Waals surface area (Å²) >= 11 is 1.37. The van der Waals surface area contributed by atoms with Gasteiger partial charge in [0.05, 0.1) is 5.25 Å². The Hall–Kier alpha value is -2.35. The molecule has 0 fully saturated rings. The number of thioether (sulfide) groups is 1. The number of carbonyl (C=O) groups is 2. The summed E-state index contributed by atoms with van der Waals surface area (Å²) in [5, 5.41) is 11.8. The number of hydrogen-bond donors (Lipinski definition) is 2. The van der Waals surface area contributed by atoms with Crippen molar-refractivity contribution < 1.29 is 9.59 Å². The largest absolute Gasteiger partial charge is 0.370 e. The highest BCUT2D eigenvalue weighted by atomic mass is 32.2. The number of amides is 2. The lowest BCUT2D eigenvalue weighted by Crippen LogP contribution is -2.30. The average Bonchev–Trinajstić information content (AvgIpc) is 3.00. The van der Waals surface area contributed by atoms with Crippen molar-refractivity contribution in [2.75, 3.05) is 0 Å². The Morgan fingerprint density at radius 2 is 1.86 bits per heavy atom. The molecule has 0 radical (unpaired) electrons. The van der Waals surface area contributed by atoms with Crippen molar-refractivity contribution in [1.82, 2.24) is 20.1 Å². The molecular weight excluding hydrogens is 374 g/mol. The molecule has 0 saturated carbocycles. The number of rotatable bonds is 10. The molecule has 28 heavy (non-hydrogen) atoms. The minimum Gasteiger partial charge on any atom is -0.370 e. The van der Waals surface area contributed by atoms with Gasteiger partial charge in [0.25, 0.3) is 0 Å². The van der Waals surface area contributed by atoms with Crippen molar-refractivity contribution in [1.29, 1.82) is 0 Å². The van der Waals surface area contributed by atoms with E-state index in [1.807, 2.05) is 42.7 Å². The lowest BCUT2D eigenvalue weighted by molar-refractivity contribution is -0.120. The number of nitrogens with zero attached hydrogens (tertiary/aromatic N) is 3. The zero-order chi connectivity index (χ0) is 20.7. The van der Waals surface area contributed by atoms with Crippen molar-refractivity contribution >= 4 is 23.6 Å². The van der Waals surface area contributed by atoms with Gasteiger partial charge in [-0.3, -0.25) is 9.59 Å². The summed E-state index contributed by atoms with van der Waals surface area (Å²) in [5.41, 5.74) is 7.51. The molecule has 1 atom stereocenters. The Labute approximate surface area is 170 Å². The van der Waals surface area contributed by atoms with Crippen LogP contribution in [0.3, 0.4) is 0 Å². The quantitative estimate of drug-likeness (QED) is 0.593. The van der Waals surface area contributed by atoms with Crippen LogP contribution in [0.15, 0.2) is 29.4 Å². The van der Waals surface area contributed by atoms with E-state index in [0.717, 1.165) is 17.9 Å². The molecule has 3 N–H and O–H groups in total. The van der Waals surface area contributed by atoms with Crippen molar-refractivity contribution in [3.05, 3.63) is 41.2 Å². The first-order chi connectivity index (χ1) is 13.3. The molecule has 7 nitrogen and oxygen atoms in total. The SMILES string of the molecule is Cc1ccc(CNC(=O)[C@H](C)Sc2nnc(CCC(N)=O)n2CC(C)C)cc1. The summed E-state index contributed by atoms with van der Waals surface area (Å²) in [6.45, 7) is 9.31. The van der Waals surface area contributed by atoms with Gasteiger partial charge in [-0.25, -0.2) is 0 Å². The molecule has 0 aliphatic carbocycles. The molecule has 0 saturated heterocycles. The molecule has 2 amide bonds. The fourth-order valence-corrected chi connectivity index (χ4v) is 3.53. The monoisotopic (exact) mass is 403 g/mol. The van der Waals surface area contributed by atoms with Gasteiger partial charge in [0.1, 0.15) is 5.82 Å². The van der Waals surface area contributed by atoms with Gasteiger partial charge in [0.15, 0.2) is 5.16 Å². The number of hydrogen-bond acceptors (Lipinski definition) is 5. The highest BCUT2D eigenvalue weighted by Gasteiger charge is 2.20. The highest BCUT2D eigenvalue weighted by molar-refractivity contribution is 8.00. The second-order valence-electron chi connectivity index (χ2n) is 7.33. The lowest BCUT2D eigenvalue weighted by Gasteiger charge is -2.15. The van der Waals surface area contributed by atoms with E-state index in [-0.39, 0.29) is 23.5 Å². The summed E-state index contributed by atoms with van der Waals surface area (Å²) in [5.74, 6) is 0.691. The molecule has 8 heteroatoms. The van der Waals surface area contributed by atoms with E-state index < -0.39 is 0 Å². The highest BCUT2D eigenvalue weighted by Crippen LogP contribution is 2.24. The molecule has 0 spiro atoms. The third-order valence-electron chi connectivity index (χ3n) is 4.17. The average molecular weight is 404 g/mol. The molecule has 1 aromatic heterocycles. The molecule has 0 unspecified atom stereocenters. The molecule has 1 heterocycles. The Kier molecular flexibility index (Phi) is 8.04. The predicted molar refractivity (Wildman–Crippen MR) is 111 cm³/mol. The van der Waals surface area contributed by atoms with Crippen LogP contribution < -0.4 is 11.1 Å². The maximum atomic E-state index is 12.5. The second kappa shape index (κ2) is 10.3. The fraction of sp³-hybridized carbons (Fsp3) is 0.500. The van der Waals surface area contributed by atoms with Crippen LogP contribution >= 0.6 is 11.8 Å².